The van der Waals surface area contributed by atoms with Gasteiger partial charge in [-0.3, -0.25) is 4.98 Å². The second-order valence-corrected chi connectivity index (χ2v) is 6.68. The van der Waals surface area contributed by atoms with Gasteiger partial charge in [-0.2, -0.15) is 0 Å². The van der Waals surface area contributed by atoms with Crippen LogP contribution in [-0.4, -0.2) is 26.1 Å². The summed E-state index contributed by atoms with van der Waals surface area (Å²) in [4.78, 5) is 11.9. The summed E-state index contributed by atoms with van der Waals surface area (Å²) in [5.74, 6) is 0.909. The number of aromatic amines is 1. The predicted octanol–water partition coefficient (Wildman–Crippen LogP) is 3.53. The average molecular weight is 345 g/mol. The molecule has 5 heteroatoms. The number of benzene rings is 1. The van der Waals surface area contributed by atoms with Crippen molar-refractivity contribution in [1.29, 1.82) is 0 Å². The Balaban J connectivity index is 1.52. The monoisotopic (exact) mass is 345 g/mol. The van der Waals surface area contributed by atoms with Crippen molar-refractivity contribution in [1.82, 2.24) is 24.8 Å². The van der Waals surface area contributed by atoms with Crippen LogP contribution < -0.4 is 5.32 Å². The molecule has 0 spiro atoms. The highest BCUT2D eigenvalue weighted by Crippen LogP contribution is 2.23. The van der Waals surface area contributed by atoms with Crippen LogP contribution in [0.15, 0.2) is 61.3 Å². The molecule has 0 saturated heterocycles. The Labute approximate surface area is 153 Å². The number of hydrogen-bond donors (Lipinski definition) is 2. The molecule has 4 aromatic rings. The molecule has 0 aliphatic carbocycles. The van der Waals surface area contributed by atoms with Crippen LogP contribution in [0.3, 0.4) is 0 Å². The molecule has 132 valence electrons. The molecular weight excluding hydrogens is 322 g/mol. The third-order valence-electron chi connectivity index (χ3n) is 4.78. The van der Waals surface area contributed by atoms with Crippen molar-refractivity contribution in [2.75, 3.05) is 6.54 Å². The molecule has 0 bridgehead atoms. The van der Waals surface area contributed by atoms with E-state index < -0.39 is 0 Å². The van der Waals surface area contributed by atoms with E-state index in [0.29, 0.717) is 0 Å². The number of hydrogen-bond acceptors (Lipinski definition) is 3. The summed E-state index contributed by atoms with van der Waals surface area (Å²) in [6.07, 6.45) is 10.5. The number of nitrogens with zero attached hydrogens (tertiary/aromatic N) is 3. The van der Waals surface area contributed by atoms with Gasteiger partial charge in [0.25, 0.3) is 0 Å². The first kappa shape index (κ1) is 16.5. The van der Waals surface area contributed by atoms with Crippen molar-refractivity contribution in [3.63, 3.8) is 0 Å². The number of H-pyrrole nitrogens is 1. The number of rotatable bonds is 6. The lowest BCUT2D eigenvalue weighted by Crippen LogP contribution is -2.25. The van der Waals surface area contributed by atoms with Crippen molar-refractivity contribution in [2.45, 2.75) is 19.4 Å². The molecule has 3 aromatic heterocycles. The van der Waals surface area contributed by atoms with Crippen LogP contribution in [0.4, 0.5) is 0 Å². The van der Waals surface area contributed by atoms with E-state index in [1.54, 1.807) is 12.4 Å². The molecule has 3 heterocycles. The number of nitrogens with one attached hydrogen (secondary N) is 2. The Morgan fingerprint density at radius 2 is 2.15 bits per heavy atom. The molecule has 1 aromatic carbocycles. The average Bonchev–Trinajstić information content (AvgIpc) is 3.28. The molecule has 5 nitrogen and oxygen atoms in total. The molecule has 26 heavy (non-hydrogen) atoms. The van der Waals surface area contributed by atoms with Gasteiger partial charge in [0.15, 0.2) is 0 Å². The van der Waals surface area contributed by atoms with Crippen LogP contribution >= 0.6 is 0 Å². The standard InChI is InChI=1S/C21H23N5/c1-15-5-6-18-17(14-26(2)19(18)12-15)7-9-23-20(21-24-10-11-25-21)16-4-3-8-22-13-16/h3-6,8,10-14,20,23H,7,9H2,1-2H3,(H,24,25)/t20-/m0/s1. The van der Waals surface area contributed by atoms with Crippen molar-refractivity contribution in [3.05, 3.63) is 83.8 Å². The Kier molecular flexibility index (Phi) is 4.54. The fourth-order valence-electron chi connectivity index (χ4n) is 3.48. The SMILES string of the molecule is Cc1ccc2c(CCN[C@@H](c3cccnc3)c3ncc[nH]3)cn(C)c2c1. The summed E-state index contributed by atoms with van der Waals surface area (Å²) in [7, 11) is 2.11. The number of pyridine rings is 1. The van der Waals surface area contributed by atoms with Crippen LogP contribution in [-0.2, 0) is 13.5 Å². The van der Waals surface area contributed by atoms with E-state index in [9.17, 15) is 0 Å². The molecule has 2 N–H and O–H groups in total. The second kappa shape index (κ2) is 7.14. The maximum Gasteiger partial charge on any atom is 0.127 e. The Morgan fingerprint density at radius 1 is 1.23 bits per heavy atom. The topological polar surface area (TPSA) is 58.5 Å². The summed E-state index contributed by atoms with van der Waals surface area (Å²) in [5, 5.41) is 4.96. The van der Waals surface area contributed by atoms with Gasteiger partial charge in [0, 0.05) is 55.5 Å². The zero-order valence-electron chi connectivity index (χ0n) is 15.1. The highest BCUT2D eigenvalue weighted by atomic mass is 15.0. The fraction of sp³-hybridized carbons (Fsp3) is 0.238. The maximum absolute atomic E-state index is 4.43. The first-order chi connectivity index (χ1) is 12.7. The van der Waals surface area contributed by atoms with E-state index >= 15 is 0 Å². The highest BCUT2D eigenvalue weighted by Gasteiger charge is 2.16. The molecule has 0 saturated carbocycles. The smallest absolute Gasteiger partial charge is 0.127 e. The molecule has 0 aliphatic rings. The van der Waals surface area contributed by atoms with Gasteiger partial charge in [-0.15, -0.1) is 0 Å². The van der Waals surface area contributed by atoms with Gasteiger partial charge in [0.05, 0.1) is 6.04 Å². The van der Waals surface area contributed by atoms with E-state index in [1.807, 2.05) is 18.5 Å². The van der Waals surface area contributed by atoms with Crippen molar-refractivity contribution in [3.8, 4) is 0 Å². The molecular formula is C21H23N5. The highest BCUT2D eigenvalue weighted by molar-refractivity contribution is 5.84. The van der Waals surface area contributed by atoms with Crippen molar-refractivity contribution >= 4 is 10.9 Å². The Hall–Kier alpha value is -2.92. The molecule has 0 radical (unpaired) electrons. The molecule has 0 unspecified atom stereocenters. The molecule has 4 rings (SSSR count). The van der Waals surface area contributed by atoms with Gasteiger partial charge in [-0.05, 0) is 42.2 Å². The summed E-state index contributed by atoms with van der Waals surface area (Å²) < 4.78 is 2.21. The molecule has 0 aliphatic heterocycles. The lowest BCUT2D eigenvalue weighted by atomic mass is 10.1. The van der Waals surface area contributed by atoms with E-state index in [1.165, 1.54) is 22.0 Å². The van der Waals surface area contributed by atoms with E-state index in [0.717, 1.165) is 24.4 Å². The van der Waals surface area contributed by atoms with Crippen LogP contribution in [0, 0.1) is 6.92 Å². The molecule has 1 atom stereocenters. The summed E-state index contributed by atoms with van der Waals surface area (Å²) >= 11 is 0. The van der Waals surface area contributed by atoms with Gasteiger partial charge in [0.2, 0.25) is 0 Å². The minimum atomic E-state index is 0.0101. The minimum Gasteiger partial charge on any atom is -0.350 e. The zero-order chi connectivity index (χ0) is 17.9. The number of aryl methyl sites for hydroxylation is 2. The third kappa shape index (κ3) is 3.26. The third-order valence-corrected chi connectivity index (χ3v) is 4.78. The van der Waals surface area contributed by atoms with E-state index in [-0.39, 0.29) is 6.04 Å². The second-order valence-electron chi connectivity index (χ2n) is 6.68. The number of aromatic nitrogens is 4. The Bertz CT molecular complexity index is 986. The van der Waals surface area contributed by atoms with Gasteiger partial charge < -0.3 is 14.9 Å². The first-order valence-corrected chi connectivity index (χ1v) is 8.89. The van der Waals surface area contributed by atoms with Gasteiger partial charge in [-0.1, -0.05) is 18.2 Å². The van der Waals surface area contributed by atoms with E-state index in [2.05, 4.69) is 69.3 Å². The lowest BCUT2D eigenvalue weighted by Gasteiger charge is -2.16. The van der Waals surface area contributed by atoms with Gasteiger partial charge >= 0.3 is 0 Å². The summed E-state index contributed by atoms with van der Waals surface area (Å²) in [5.41, 5.74) is 5.04. The van der Waals surface area contributed by atoms with Crippen LogP contribution in [0.1, 0.15) is 28.6 Å². The largest absolute Gasteiger partial charge is 0.350 e. The predicted molar refractivity (Wildman–Crippen MR) is 104 cm³/mol. The van der Waals surface area contributed by atoms with Crippen molar-refractivity contribution < 1.29 is 0 Å². The van der Waals surface area contributed by atoms with Gasteiger partial charge in [0.1, 0.15) is 5.82 Å². The maximum atomic E-state index is 4.43. The molecule has 0 fully saturated rings. The zero-order valence-corrected chi connectivity index (χ0v) is 15.1. The van der Waals surface area contributed by atoms with Crippen LogP contribution in [0.5, 0.6) is 0 Å². The van der Waals surface area contributed by atoms with E-state index in [4.69, 9.17) is 0 Å². The normalized spacial score (nSPS) is 12.5. The van der Waals surface area contributed by atoms with Crippen LogP contribution in [0.25, 0.3) is 10.9 Å². The summed E-state index contributed by atoms with van der Waals surface area (Å²) in [6.45, 7) is 2.99. The number of imidazole rings is 1. The van der Waals surface area contributed by atoms with Crippen molar-refractivity contribution in [2.24, 2.45) is 7.05 Å². The number of fused-ring (bicyclic) bond motifs is 1. The Morgan fingerprint density at radius 3 is 2.92 bits per heavy atom. The minimum absolute atomic E-state index is 0.0101. The van der Waals surface area contributed by atoms with Crippen LogP contribution in [0.2, 0.25) is 0 Å². The fourth-order valence-corrected chi connectivity index (χ4v) is 3.48. The van der Waals surface area contributed by atoms with Gasteiger partial charge in [-0.25, -0.2) is 4.98 Å². The quantitative estimate of drug-likeness (QED) is 0.562. The molecule has 0 amide bonds. The lowest BCUT2D eigenvalue weighted by molar-refractivity contribution is 0.581. The summed E-state index contributed by atoms with van der Waals surface area (Å²) in [6, 6.07) is 10.7. The first-order valence-electron chi connectivity index (χ1n) is 8.89.